The molecule has 0 N–H and O–H groups in total. The standard InChI is InChI=1S/C10H11ClN4S/c1-10(3-2-4-16-10)9-14-13-8-5-7(11)12-6-15(8)9/h5-6H,2-4H2,1H3. The first-order valence-corrected chi connectivity index (χ1v) is 6.56. The zero-order valence-electron chi connectivity index (χ0n) is 8.85. The second kappa shape index (κ2) is 3.60. The molecule has 0 bridgehead atoms. The zero-order valence-corrected chi connectivity index (χ0v) is 10.4. The van der Waals surface area contributed by atoms with Crippen LogP contribution in [0.15, 0.2) is 12.4 Å². The Labute approximate surface area is 102 Å². The first-order valence-electron chi connectivity index (χ1n) is 5.20. The van der Waals surface area contributed by atoms with Gasteiger partial charge in [0.15, 0.2) is 11.5 Å². The van der Waals surface area contributed by atoms with E-state index < -0.39 is 0 Å². The van der Waals surface area contributed by atoms with E-state index in [0.717, 1.165) is 17.9 Å². The van der Waals surface area contributed by atoms with Crippen molar-refractivity contribution in [1.29, 1.82) is 0 Å². The Morgan fingerprint density at radius 2 is 2.38 bits per heavy atom. The highest BCUT2D eigenvalue weighted by molar-refractivity contribution is 8.00. The molecule has 2 aromatic rings. The van der Waals surface area contributed by atoms with Gasteiger partial charge in [-0.15, -0.1) is 22.0 Å². The van der Waals surface area contributed by atoms with Crippen LogP contribution in [0.4, 0.5) is 0 Å². The lowest BCUT2D eigenvalue weighted by Crippen LogP contribution is -2.17. The van der Waals surface area contributed by atoms with Crippen molar-refractivity contribution in [2.24, 2.45) is 0 Å². The average Bonchev–Trinajstić information content (AvgIpc) is 2.84. The highest BCUT2D eigenvalue weighted by Gasteiger charge is 2.35. The minimum Gasteiger partial charge on any atom is -0.268 e. The molecule has 84 valence electrons. The van der Waals surface area contributed by atoms with Gasteiger partial charge in [-0.1, -0.05) is 11.6 Å². The number of rotatable bonds is 1. The number of halogens is 1. The molecule has 0 spiro atoms. The molecular formula is C10H11ClN4S. The lowest BCUT2D eigenvalue weighted by Gasteiger charge is -2.19. The van der Waals surface area contributed by atoms with Gasteiger partial charge in [-0.2, -0.15) is 0 Å². The van der Waals surface area contributed by atoms with E-state index in [0.29, 0.717) is 5.15 Å². The Kier molecular flexibility index (Phi) is 2.33. The van der Waals surface area contributed by atoms with Gasteiger partial charge in [-0.25, -0.2) is 4.98 Å². The van der Waals surface area contributed by atoms with Crippen molar-refractivity contribution in [2.75, 3.05) is 5.75 Å². The lowest BCUT2D eigenvalue weighted by atomic mass is 10.1. The van der Waals surface area contributed by atoms with Crippen LogP contribution in [0.3, 0.4) is 0 Å². The molecule has 16 heavy (non-hydrogen) atoms. The Hall–Kier alpha value is -0.810. The smallest absolute Gasteiger partial charge is 0.165 e. The zero-order chi connectivity index (χ0) is 11.2. The molecule has 1 aliphatic rings. The minimum atomic E-state index is 0.0644. The van der Waals surface area contributed by atoms with Crippen LogP contribution < -0.4 is 0 Å². The van der Waals surface area contributed by atoms with Crippen molar-refractivity contribution >= 4 is 29.0 Å². The number of aromatic nitrogens is 4. The molecule has 0 aromatic carbocycles. The van der Waals surface area contributed by atoms with Gasteiger partial charge in [0.1, 0.15) is 11.5 Å². The molecular weight excluding hydrogens is 244 g/mol. The normalized spacial score (nSPS) is 25.4. The molecule has 1 unspecified atom stereocenters. The molecule has 1 aliphatic heterocycles. The predicted octanol–water partition coefficient (Wildman–Crippen LogP) is 2.52. The van der Waals surface area contributed by atoms with Crippen LogP contribution >= 0.6 is 23.4 Å². The average molecular weight is 255 g/mol. The summed E-state index contributed by atoms with van der Waals surface area (Å²) < 4.78 is 2.00. The highest BCUT2D eigenvalue weighted by atomic mass is 35.5. The van der Waals surface area contributed by atoms with Crippen LogP contribution in [0.1, 0.15) is 25.6 Å². The van der Waals surface area contributed by atoms with Crippen LogP contribution in [0.25, 0.3) is 5.65 Å². The minimum absolute atomic E-state index is 0.0644. The molecule has 3 heterocycles. The molecule has 0 saturated carbocycles. The fourth-order valence-corrected chi connectivity index (χ4v) is 3.53. The summed E-state index contributed by atoms with van der Waals surface area (Å²) in [4.78, 5) is 4.08. The molecule has 0 radical (unpaired) electrons. The number of nitrogens with zero attached hydrogens (tertiary/aromatic N) is 4. The highest BCUT2D eigenvalue weighted by Crippen LogP contribution is 2.45. The van der Waals surface area contributed by atoms with Crippen LogP contribution in [-0.4, -0.2) is 25.3 Å². The van der Waals surface area contributed by atoms with Gasteiger partial charge in [0, 0.05) is 6.07 Å². The quantitative estimate of drug-likeness (QED) is 0.734. The second-order valence-corrected chi connectivity index (χ2v) is 6.13. The monoisotopic (exact) mass is 254 g/mol. The van der Waals surface area contributed by atoms with E-state index in [2.05, 4.69) is 22.1 Å². The SMILES string of the molecule is CC1(c2nnc3cc(Cl)ncn23)CCCS1. The Bertz CT molecular complexity index is 533. The molecule has 4 nitrogen and oxygen atoms in total. The van der Waals surface area contributed by atoms with Crippen LogP contribution in [0.2, 0.25) is 5.15 Å². The molecule has 1 saturated heterocycles. The topological polar surface area (TPSA) is 43.1 Å². The van der Waals surface area contributed by atoms with Gasteiger partial charge in [0.2, 0.25) is 0 Å². The van der Waals surface area contributed by atoms with Crippen LogP contribution in [-0.2, 0) is 4.75 Å². The van der Waals surface area contributed by atoms with Gasteiger partial charge in [0.25, 0.3) is 0 Å². The number of hydrogen-bond acceptors (Lipinski definition) is 4. The van der Waals surface area contributed by atoms with E-state index in [1.807, 2.05) is 16.2 Å². The molecule has 2 aromatic heterocycles. The first kappa shape index (κ1) is 10.4. The maximum atomic E-state index is 5.82. The number of fused-ring (bicyclic) bond motifs is 1. The summed E-state index contributed by atoms with van der Waals surface area (Å²) >= 11 is 7.76. The molecule has 6 heteroatoms. The van der Waals surface area contributed by atoms with E-state index in [1.54, 1.807) is 12.4 Å². The third-order valence-electron chi connectivity index (χ3n) is 2.96. The third-order valence-corrected chi connectivity index (χ3v) is 4.68. The summed E-state index contributed by atoms with van der Waals surface area (Å²) in [7, 11) is 0. The summed E-state index contributed by atoms with van der Waals surface area (Å²) in [5, 5.41) is 8.88. The van der Waals surface area contributed by atoms with E-state index in [9.17, 15) is 0 Å². The van der Waals surface area contributed by atoms with Crippen molar-refractivity contribution in [3.63, 3.8) is 0 Å². The summed E-state index contributed by atoms with van der Waals surface area (Å²) in [6.07, 6.45) is 4.08. The Morgan fingerprint density at radius 3 is 3.12 bits per heavy atom. The maximum Gasteiger partial charge on any atom is 0.165 e. The summed E-state index contributed by atoms with van der Waals surface area (Å²) in [5.74, 6) is 2.17. The van der Waals surface area contributed by atoms with Crippen LogP contribution in [0, 0.1) is 0 Å². The van der Waals surface area contributed by atoms with E-state index in [4.69, 9.17) is 11.6 Å². The van der Waals surface area contributed by atoms with E-state index >= 15 is 0 Å². The Morgan fingerprint density at radius 1 is 1.50 bits per heavy atom. The molecule has 0 aliphatic carbocycles. The number of hydrogen-bond donors (Lipinski definition) is 0. The molecule has 0 amide bonds. The van der Waals surface area contributed by atoms with E-state index in [-0.39, 0.29) is 4.75 Å². The summed E-state index contributed by atoms with van der Waals surface area (Å²) in [5.41, 5.74) is 0.767. The first-order chi connectivity index (χ1) is 7.69. The van der Waals surface area contributed by atoms with Crippen LogP contribution in [0.5, 0.6) is 0 Å². The summed E-state index contributed by atoms with van der Waals surface area (Å²) in [6.45, 7) is 2.22. The van der Waals surface area contributed by atoms with Gasteiger partial charge >= 0.3 is 0 Å². The van der Waals surface area contributed by atoms with Crippen molar-refractivity contribution in [1.82, 2.24) is 19.6 Å². The Balaban J connectivity index is 2.17. The van der Waals surface area contributed by atoms with Crippen molar-refractivity contribution in [3.05, 3.63) is 23.4 Å². The van der Waals surface area contributed by atoms with Crippen molar-refractivity contribution in [2.45, 2.75) is 24.5 Å². The lowest BCUT2D eigenvalue weighted by molar-refractivity contribution is 0.596. The van der Waals surface area contributed by atoms with Gasteiger partial charge in [0.05, 0.1) is 4.75 Å². The molecule has 1 atom stereocenters. The molecule has 1 fully saturated rings. The van der Waals surface area contributed by atoms with E-state index in [1.165, 1.54) is 12.2 Å². The fourth-order valence-electron chi connectivity index (χ4n) is 2.09. The third kappa shape index (κ3) is 1.50. The largest absolute Gasteiger partial charge is 0.268 e. The van der Waals surface area contributed by atoms with Gasteiger partial charge in [-0.05, 0) is 25.5 Å². The summed E-state index contributed by atoms with van der Waals surface area (Å²) in [6, 6.07) is 1.74. The van der Waals surface area contributed by atoms with Gasteiger partial charge in [-0.3, -0.25) is 4.40 Å². The van der Waals surface area contributed by atoms with Gasteiger partial charge < -0.3 is 0 Å². The van der Waals surface area contributed by atoms with Crippen molar-refractivity contribution < 1.29 is 0 Å². The molecule has 3 rings (SSSR count). The fraction of sp³-hybridized carbons (Fsp3) is 0.500. The maximum absolute atomic E-state index is 5.82. The number of thioether (sulfide) groups is 1. The second-order valence-electron chi connectivity index (χ2n) is 4.15. The van der Waals surface area contributed by atoms with Crippen molar-refractivity contribution in [3.8, 4) is 0 Å². The predicted molar refractivity (Wildman–Crippen MR) is 64.8 cm³/mol.